The molecule has 12 rings (SSSR count). The van der Waals surface area contributed by atoms with Crippen LogP contribution in [0.15, 0.2) is 217 Å². The van der Waals surface area contributed by atoms with Crippen molar-refractivity contribution in [1.82, 2.24) is 0 Å². The van der Waals surface area contributed by atoms with Crippen molar-refractivity contribution in [2.75, 3.05) is 4.90 Å². The molecule has 0 amide bonds. The van der Waals surface area contributed by atoms with Gasteiger partial charge in [0.1, 0.15) is 11.2 Å². The fraction of sp³-hybridized carbons (Fsp3) is 0.0690. The summed E-state index contributed by atoms with van der Waals surface area (Å²) in [6.45, 7) is 4.77. The minimum atomic E-state index is -0.272. The Labute approximate surface area is 350 Å². The zero-order valence-electron chi connectivity index (χ0n) is 33.6. The Kier molecular flexibility index (Phi) is 7.52. The molecular formula is C58H41NO. The van der Waals surface area contributed by atoms with Gasteiger partial charge in [-0.25, -0.2) is 0 Å². The van der Waals surface area contributed by atoms with Gasteiger partial charge in [-0.1, -0.05) is 158 Å². The summed E-state index contributed by atoms with van der Waals surface area (Å²) in [6.07, 6.45) is 0. The van der Waals surface area contributed by atoms with Gasteiger partial charge in [0.25, 0.3) is 0 Å². The van der Waals surface area contributed by atoms with Crippen LogP contribution in [0.4, 0.5) is 17.1 Å². The van der Waals surface area contributed by atoms with E-state index in [0.717, 1.165) is 50.1 Å². The van der Waals surface area contributed by atoms with E-state index in [9.17, 15) is 0 Å². The first kappa shape index (κ1) is 34.6. The fourth-order valence-electron chi connectivity index (χ4n) is 10.6. The van der Waals surface area contributed by atoms with E-state index in [2.05, 4.69) is 219 Å². The molecule has 10 aromatic rings. The van der Waals surface area contributed by atoms with Crippen molar-refractivity contribution in [3.8, 4) is 33.4 Å². The van der Waals surface area contributed by atoms with Crippen LogP contribution in [0.25, 0.3) is 55.3 Å². The Balaban J connectivity index is 1.06. The Morgan fingerprint density at radius 2 is 0.817 bits per heavy atom. The van der Waals surface area contributed by atoms with Crippen LogP contribution in [0.5, 0.6) is 0 Å². The number of nitrogens with zero attached hydrogens (tertiary/aromatic N) is 1. The highest BCUT2D eigenvalue weighted by Crippen LogP contribution is 2.56. The topological polar surface area (TPSA) is 16.4 Å². The lowest BCUT2D eigenvalue weighted by molar-refractivity contribution is 0.669. The normalized spacial score (nSPS) is 17.3. The lowest BCUT2D eigenvalue weighted by Gasteiger charge is -2.31. The molecule has 60 heavy (non-hydrogen) atoms. The average Bonchev–Trinajstić information content (AvgIpc) is 3.91. The molecular weight excluding hydrogens is 727 g/mol. The fourth-order valence-corrected chi connectivity index (χ4v) is 10.6. The van der Waals surface area contributed by atoms with Crippen molar-refractivity contribution < 1.29 is 4.42 Å². The Morgan fingerprint density at radius 1 is 0.333 bits per heavy atom. The van der Waals surface area contributed by atoms with Crippen molar-refractivity contribution in [3.63, 3.8) is 0 Å². The second-order valence-electron chi connectivity index (χ2n) is 16.7. The number of benzene rings is 9. The number of anilines is 3. The molecule has 0 radical (unpaired) electrons. The number of hydrogen-bond donors (Lipinski definition) is 0. The van der Waals surface area contributed by atoms with Crippen LogP contribution in [-0.2, 0) is 10.8 Å². The number of fused-ring (bicyclic) bond motifs is 9. The molecule has 2 unspecified atom stereocenters. The third-order valence-electron chi connectivity index (χ3n) is 13.6. The molecule has 0 N–H and O–H groups in total. The zero-order chi connectivity index (χ0) is 40.0. The van der Waals surface area contributed by atoms with E-state index in [1.165, 1.54) is 55.6 Å². The predicted octanol–water partition coefficient (Wildman–Crippen LogP) is 15.4. The van der Waals surface area contributed by atoms with Crippen LogP contribution in [-0.4, -0.2) is 0 Å². The summed E-state index contributed by atoms with van der Waals surface area (Å²) in [5.74, 6) is 0. The quantitative estimate of drug-likeness (QED) is 0.168. The number of para-hydroxylation sites is 1. The molecule has 2 atom stereocenters. The summed E-state index contributed by atoms with van der Waals surface area (Å²) >= 11 is 0. The van der Waals surface area contributed by atoms with Crippen LogP contribution >= 0.6 is 0 Å². The number of rotatable bonds is 6. The molecule has 1 aromatic heterocycles. The van der Waals surface area contributed by atoms with E-state index in [1.54, 1.807) is 0 Å². The SMILES string of the molecule is CC1(c2ccccc2)c2ccccc2-c2cc(N(c3cccc(-c4ccc5oc6ccccc6c5c4)c3)c3ccc4c(c3)-c3ccccc3C4(C)c3ccccc3)ccc21. The van der Waals surface area contributed by atoms with E-state index in [-0.39, 0.29) is 10.8 Å². The summed E-state index contributed by atoms with van der Waals surface area (Å²) in [5.41, 5.74) is 20.0. The molecule has 9 aromatic carbocycles. The second-order valence-corrected chi connectivity index (χ2v) is 16.7. The van der Waals surface area contributed by atoms with Gasteiger partial charge in [-0.2, -0.15) is 0 Å². The van der Waals surface area contributed by atoms with Gasteiger partial charge in [0.05, 0.1) is 0 Å². The smallest absolute Gasteiger partial charge is 0.135 e. The summed E-state index contributed by atoms with van der Waals surface area (Å²) < 4.78 is 6.22. The molecule has 1 heterocycles. The third-order valence-corrected chi connectivity index (χ3v) is 13.6. The van der Waals surface area contributed by atoms with E-state index in [1.807, 2.05) is 12.1 Å². The molecule has 0 saturated heterocycles. The minimum Gasteiger partial charge on any atom is -0.456 e. The zero-order valence-corrected chi connectivity index (χ0v) is 33.6. The third kappa shape index (κ3) is 4.94. The van der Waals surface area contributed by atoms with E-state index in [0.29, 0.717) is 0 Å². The van der Waals surface area contributed by atoms with Crippen LogP contribution < -0.4 is 4.90 Å². The molecule has 2 heteroatoms. The Bertz CT molecular complexity index is 3160. The van der Waals surface area contributed by atoms with Crippen LogP contribution in [0.1, 0.15) is 47.2 Å². The van der Waals surface area contributed by atoms with E-state index in [4.69, 9.17) is 4.42 Å². The molecule has 0 bridgehead atoms. The van der Waals surface area contributed by atoms with Crippen LogP contribution in [0.2, 0.25) is 0 Å². The van der Waals surface area contributed by atoms with Gasteiger partial charge < -0.3 is 9.32 Å². The average molecular weight is 768 g/mol. The first-order valence-corrected chi connectivity index (χ1v) is 20.9. The standard InChI is InChI=1S/C58H41NO/c1-57(40-17-5-3-6-18-40)51-25-12-9-22-45(51)48-36-43(29-31-53(48)57)59(42-21-15-16-38(34-42)39-28-33-56-50(35-39)47-24-11-14-27-55(47)60-56)44-30-32-54-49(37-44)46-23-10-13-26-52(46)58(54,2)41-19-7-4-8-20-41/h3-37H,1-2H3. The number of furan rings is 1. The lowest BCUT2D eigenvalue weighted by atomic mass is 9.74. The molecule has 2 nitrogen and oxygen atoms in total. The molecule has 2 aliphatic rings. The van der Waals surface area contributed by atoms with Crippen molar-refractivity contribution in [3.05, 3.63) is 246 Å². The minimum absolute atomic E-state index is 0.272. The van der Waals surface area contributed by atoms with Gasteiger partial charge >= 0.3 is 0 Å². The van der Waals surface area contributed by atoms with Crippen LogP contribution in [0.3, 0.4) is 0 Å². The molecule has 284 valence electrons. The van der Waals surface area contributed by atoms with Crippen molar-refractivity contribution in [1.29, 1.82) is 0 Å². The van der Waals surface area contributed by atoms with Gasteiger partial charge in [0.2, 0.25) is 0 Å². The number of hydrogen-bond acceptors (Lipinski definition) is 2. The summed E-state index contributed by atoms with van der Waals surface area (Å²) in [4.78, 5) is 2.46. The molecule has 2 aliphatic carbocycles. The monoisotopic (exact) mass is 767 g/mol. The van der Waals surface area contributed by atoms with Gasteiger partial charge in [-0.3, -0.25) is 0 Å². The van der Waals surface area contributed by atoms with E-state index >= 15 is 0 Å². The van der Waals surface area contributed by atoms with Crippen molar-refractivity contribution in [2.45, 2.75) is 24.7 Å². The van der Waals surface area contributed by atoms with Gasteiger partial charge in [0.15, 0.2) is 0 Å². The van der Waals surface area contributed by atoms with Gasteiger partial charge in [-0.05, 0) is 135 Å². The lowest BCUT2D eigenvalue weighted by Crippen LogP contribution is -2.22. The largest absolute Gasteiger partial charge is 0.456 e. The van der Waals surface area contributed by atoms with Crippen molar-refractivity contribution >= 4 is 39.0 Å². The maximum atomic E-state index is 6.22. The molecule has 0 saturated carbocycles. The molecule has 0 fully saturated rings. The highest BCUT2D eigenvalue weighted by molar-refractivity contribution is 6.06. The first-order valence-electron chi connectivity index (χ1n) is 20.9. The second kappa shape index (κ2) is 13.0. The first-order chi connectivity index (χ1) is 29.5. The Hall–Kier alpha value is -7.42. The maximum absolute atomic E-state index is 6.22. The summed E-state index contributed by atoms with van der Waals surface area (Å²) in [6, 6.07) is 78.0. The molecule has 0 aliphatic heterocycles. The van der Waals surface area contributed by atoms with E-state index < -0.39 is 0 Å². The van der Waals surface area contributed by atoms with Crippen LogP contribution in [0, 0.1) is 0 Å². The summed E-state index contributed by atoms with van der Waals surface area (Å²) in [5, 5.41) is 2.26. The summed E-state index contributed by atoms with van der Waals surface area (Å²) in [7, 11) is 0. The maximum Gasteiger partial charge on any atom is 0.135 e. The van der Waals surface area contributed by atoms with Gasteiger partial charge in [0, 0.05) is 38.7 Å². The van der Waals surface area contributed by atoms with Crippen molar-refractivity contribution in [2.24, 2.45) is 0 Å². The highest BCUT2D eigenvalue weighted by Gasteiger charge is 2.42. The molecule has 0 spiro atoms. The predicted molar refractivity (Wildman–Crippen MR) is 249 cm³/mol. The Morgan fingerprint density at radius 3 is 1.43 bits per heavy atom. The highest BCUT2D eigenvalue weighted by atomic mass is 16.3. The van der Waals surface area contributed by atoms with Gasteiger partial charge in [-0.15, -0.1) is 0 Å².